The molecule has 0 aromatic heterocycles. The van der Waals surface area contributed by atoms with E-state index in [0.717, 1.165) is 29.2 Å². The standard InChI is InChI=1S/C22H23N3O3S/c1-29-19-5-2-4-18(13-19)25-14-15(12-21(25)27)22(28)23-16-7-9-17(10-8-16)24-11-3-6-20(24)26/h2,4-5,7-10,13,15H,3,6,11-12,14H2,1H3,(H,23,28)/t15-/m1/s1. The largest absolute Gasteiger partial charge is 0.326 e. The molecule has 6 nitrogen and oxygen atoms in total. The molecule has 0 unspecified atom stereocenters. The maximum absolute atomic E-state index is 12.7. The van der Waals surface area contributed by atoms with E-state index in [1.54, 1.807) is 33.7 Å². The van der Waals surface area contributed by atoms with Crippen molar-refractivity contribution < 1.29 is 14.4 Å². The van der Waals surface area contributed by atoms with Gasteiger partial charge in [-0.25, -0.2) is 0 Å². The number of benzene rings is 2. The van der Waals surface area contributed by atoms with Crippen LogP contribution in [0.1, 0.15) is 19.3 Å². The Bertz CT molecular complexity index is 945. The first-order valence-corrected chi connectivity index (χ1v) is 10.9. The zero-order valence-corrected chi connectivity index (χ0v) is 17.1. The number of hydrogen-bond donors (Lipinski definition) is 1. The number of amides is 3. The number of anilines is 3. The number of carbonyl (C=O) groups excluding carboxylic acids is 3. The van der Waals surface area contributed by atoms with Gasteiger partial charge >= 0.3 is 0 Å². The quantitative estimate of drug-likeness (QED) is 0.767. The van der Waals surface area contributed by atoms with Crippen molar-refractivity contribution in [3.8, 4) is 0 Å². The summed E-state index contributed by atoms with van der Waals surface area (Å²) in [6, 6.07) is 15.1. The summed E-state index contributed by atoms with van der Waals surface area (Å²) in [5.74, 6) is -0.449. The SMILES string of the molecule is CSc1cccc(N2C[C@H](C(=O)Nc3ccc(N4CCCC4=O)cc3)CC2=O)c1. The van der Waals surface area contributed by atoms with Crippen LogP contribution in [0, 0.1) is 5.92 Å². The predicted octanol–water partition coefficient (Wildman–Crippen LogP) is 3.53. The van der Waals surface area contributed by atoms with E-state index in [0.29, 0.717) is 18.7 Å². The van der Waals surface area contributed by atoms with E-state index < -0.39 is 0 Å². The molecule has 0 radical (unpaired) electrons. The third-order valence-corrected chi connectivity index (χ3v) is 6.11. The minimum atomic E-state index is -0.389. The molecule has 4 rings (SSSR count). The second-order valence-electron chi connectivity index (χ2n) is 7.29. The lowest BCUT2D eigenvalue weighted by Crippen LogP contribution is -2.28. The van der Waals surface area contributed by atoms with Gasteiger partial charge in [0.1, 0.15) is 0 Å². The van der Waals surface area contributed by atoms with Crippen molar-refractivity contribution in [3.05, 3.63) is 48.5 Å². The van der Waals surface area contributed by atoms with Crippen molar-refractivity contribution in [2.75, 3.05) is 34.5 Å². The van der Waals surface area contributed by atoms with Crippen LogP contribution in [0.5, 0.6) is 0 Å². The van der Waals surface area contributed by atoms with Gasteiger partial charge < -0.3 is 15.1 Å². The second-order valence-corrected chi connectivity index (χ2v) is 8.17. The zero-order valence-electron chi connectivity index (χ0n) is 16.3. The molecule has 2 heterocycles. The molecule has 1 N–H and O–H groups in total. The van der Waals surface area contributed by atoms with Crippen molar-refractivity contribution >= 4 is 46.5 Å². The molecule has 2 saturated heterocycles. The van der Waals surface area contributed by atoms with E-state index in [1.165, 1.54) is 0 Å². The number of carbonyl (C=O) groups is 3. The Labute approximate surface area is 174 Å². The van der Waals surface area contributed by atoms with Gasteiger partial charge in [-0.2, -0.15) is 0 Å². The average Bonchev–Trinajstić information content (AvgIpc) is 3.34. The third kappa shape index (κ3) is 4.15. The first-order chi connectivity index (χ1) is 14.0. The number of nitrogens with zero attached hydrogens (tertiary/aromatic N) is 2. The molecule has 2 aliphatic rings. The van der Waals surface area contributed by atoms with E-state index in [2.05, 4.69) is 5.32 Å². The molecule has 7 heteroatoms. The first-order valence-electron chi connectivity index (χ1n) is 9.71. The lowest BCUT2D eigenvalue weighted by atomic mass is 10.1. The second kappa shape index (κ2) is 8.29. The molecule has 0 aliphatic carbocycles. The van der Waals surface area contributed by atoms with Crippen molar-refractivity contribution in [2.24, 2.45) is 5.92 Å². The van der Waals surface area contributed by atoms with Gasteiger partial charge in [0.2, 0.25) is 17.7 Å². The first kappa shape index (κ1) is 19.5. The Balaban J connectivity index is 1.40. The van der Waals surface area contributed by atoms with Gasteiger partial charge in [-0.3, -0.25) is 14.4 Å². The Morgan fingerprint density at radius 3 is 2.52 bits per heavy atom. The molecule has 0 saturated carbocycles. The van der Waals surface area contributed by atoms with E-state index >= 15 is 0 Å². The number of rotatable bonds is 5. The van der Waals surface area contributed by atoms with Crippen LogP contribution >= 0.6 is 11.8 Å². The molecular formula is C22H23N3O3S. The summed E-state index contributed by atoms with van der Waals surface area (Å²) >= 11 is 1.62. The van der Waals surface area contributed by atoms with Crippen molar-refractivity contribution in [1.82, 2.24) is 0 Å². The molecule has 29 heavy (non-hydrogen) atoms. The zero-order chi connectivity index (χ0) is 20.4. The summed E-state index contributed by atoms with van der Waals surface area (Å²) in [6.07, 6.45) is 3.66. The average molecular weight is 410 g/mol. The van der Waals surface area contributed by atoms with Crippen LogP contribution in [0.25, 0.3) is 0 Å². The Hall–Kier alpha value is -2.80. The summed E-state index contributed by atoms with van der Waals surface area (Å²) in [6.45, 7) is 1.12. The lowest BCUT2D eigenvalue weighted by molar-refractivity contribution is -0.122. The van der Waals surface area contributed by atoms with Crippen LogP contribution < -0.4 is 15.1 Å². The molecule has 0 bridgehead atoms. The summed E-state index contributed by atoms with van der Waals surface area (Å²) in [7, 11) is 0. The topological polar surface area (TPSA) is 69.7 Å². The van der Waals surface area contributed by atoms with E-state index in [1.807, 2.05) is 42.7 Å². The maximum atomic E-state index is 12.7. The van der Waals surface area contributed by atoms with Crippen LogP contribution in [0.15, 0.2) is 53.4 Å². The smallest absolute Gasteiger partial charge is 0.229 e. The van der Waals surface area contributed by atoms with Crippen LogP contribution in [0.4, 0.5) is 17.1 Å². The summed E-state index contributed by atoms with van der Waals surface area (Å²) in [5, 5.41) is 2.90. The highest BCUT2D eigenvalue weighted by atomic mass is 32.2. The monoisotopic (exact) mass is 409 g/mol. The normalized spacial score (nSPS) is 19.1. The molecule has 2 aromatic rings. The van der Waals surface area contributed by atoms with E-state index in [9.17, 15) is 14.4 Å². The van der Waals surface area contributed by atoms with Gasteiger partial charge in [0.25, 0.3) is 0 Å². The fourth-order valence-electron chi connectivity index (χ4n) is 3.80. The van der Waals surface area contributed by atoms with E-state index in [-0.39, 0.29) is 30.1 Å². The minimum absolute atomic E-state index is 0.0358. The Kier molecular flexibility index (Phi) is 5.58. The van der Waals surface area contributed by atoms with Gasteiger partial charge in [-0.1, -0.05) is 6.07 Å². The van der Waals surface area contributed by atoms with Crippen LogP contribution in [-0.2, 0) is 14.4 Å². The van der Waals surface area contributed by atoms with Crippen molar-refractivity contribution in [1.29, 1.82) is 0 Å². The van der Waals surface area contributed by atoms with Gasteiger partial charge in [0.15, 0.2) is 0 Å². The Morgan fingerprint density at radius 1 is 1.03 bits per heavy atom. The molecule has 3 amide bonds. The molecule has 2 fully saturated rings. The summed E-state index contributed by atoms with van der Waals surface area (Å²) in [4.78, 5) is 41.5. The maximum Gasteiger partial charge on any atom is 0.229 e. The third-order valence-electron chi connectivity index (χ3n) is 5.38. The molecule has 2 aromatic carbocycles. The Morgan fingerprint density at radius 2 is 1.83 bits per heavy atom. The van der Waals surface area contributed by atoms with Gasteiger partial charge in [-0.05, 0) is 55.1 Å². The van der Waals surface area contributed by atoms with Gasteiger partial charge in [0.05, 0.1) is 5.92 Å². The fraction of sp³-hybridized carbons (Fsp3) is 0.318. The molecule has 1 atom stereocenters. The van der Waals surface area contributed by atoms with Crippen LogP contribution in [-0.4, -0.2) is 37.1 Å². The fourth-order valence-corrected chi connectivity index (χ4v) is 4.25. The van der Waals surface area contributed by atoms with Gasteiger partial charge in [0, 0.05) is 47.9 Å². The number of thioether (sulfide) groups is 1. The molecule has 0 spiro atoms. The minimum Gasteiger partial charge on any atom is -0.326 e. The van der Waals surface area contributed by atoms with Crippen LogP contribution in [0.3, 0.4) is 0 Å². The molecular weight excluding hydrogens is 386 g/mol. The number of hydrogen-bond acceptors (Lipinski definition) is 4. The lowest BCUT2D eigenvalue weighted by Gasteiger charge is -2.18. The van der Waals surface area contributed by atoms with Crippen molar-refractivity contribution in [2.45, 2.75) is 24.2 Å². The highest BCUT2D eigenvalue weighted by molar-refractivity contribution is 7.98. The number of nitrogens with one attached hydrogen (secondary N) is 1. The van der Waals surface area contributed by atoms with Crippen molar-refractivity contribution in [3.63, 3.8) is 0 Å². The summed E-state index contributed by atoms with van der Waals surface area (Å²) < 4.78 is 0. The summed E-state index contributed by atoms with van der Waals surface area (Å²) in [5.41, 5.74) is 2.35. The molecule has 150 valence electrons. The van der Waals surface area contributed by atoms with E-state index in [4.69, 9.17) is 0 Å². The highest BCUT2D eigenvalue weighted by Crippen LogP contribution is 2.29. The van der Waals surface area contributed by atoms with Gasteiger partial charge in [-0.15, -0.1) is 11.8 Å². The predicted molar refractivity (Wildman–Crippen MR) is 115 cm³/mol. The highest BCUT2D eigenvalue weighted by Gasteiger charge is 2.35. The molecule has 2 aliphatic heterocycles. The van der Waals surface area contributed by atoms with Crippen LogP contribution in [0.2, 0.25) is 0 Å².